The molecule has 4 rings (SSSR count). The van der Waals surface area contributed by atoms with Gasteiger partial charge in [0.2, 0.25) is 11.8 Å². The highest BCUT2D eigenvalue weighted by atomic mass is 16.5. The molecule has 9 heteroatoms. The first-order chi connectivity index (χ1) is 13.5. The van der Waals surface area contributed by atoms with E-state index in [0.717, 1.165) is 25.2 Å². The predicted molar refractivity (Wildman–Crippen MR) is 99.5 cm³/mol. The topological polar surface area (TPSA) is 97.4 Å². The third-order valence-corrected chi connectivity index (χ3v) is 5.85. The fourth-order valence-corrected chi connectivity index (χ4v) is 3.91. The molecule has 28 heavy (non-hydrogen) atoms. The molecular weight excluding hydrogens is 360 g/mol. The standard InChI is InChI=1S/C19H26N6O3/c1-13(26)25(9-7-17-21-18(28-22-17)14-4-3-5-14)15-6-8-24(11-15)19(27)16-10-20-12-23(16)2/h10,12,14-15H,3-9,11H2,1-2H3. The molecule has 0 spiro atoms. The first kappa shape index (κ1) is 18.6. The van der Waals surface area contributed by atoms with Crippen molar-refractivity contribution in [3.8, 4) is 0 Å². The van der Waals surface area contributed by atoms with E-state index >= 15 is 0 Å². The summed E-state index contributed by atoms with van der Waals surface area (Å²) in [5.41, 5.74) is 0.561. The Bertz CT molecular complexity index is 855. The number of aromatic nitrogens is 4. The van der Waals surface area contributed by atoms with E-state index in [0.29, 0.717) is 43.5 Å². The van der Waals surface area contributed by atoms with Crippen molar-refractivity contribution >= 4 is 11.8 Å². The third kappa shape index (κ3) is 3.65. The van der Waals surface area contributed by atoms with Gasteiger partial charge in [0, 0.05) is 45.9 Å². The van der Waals surface area contributed by atoms with Crippen molar-refractivity contribution in [3.05, 3.63) is 29.9 Å². The molecule has 2 fully saturated rings. The number of imidazole rings is 1. The summed E-state index contributed by atoms with van der Waals surface area (Å²) in [4.78, 5) is 37.0. The second-order valence-corrected chi connectivity index (χ2v) is 7.72. The van der Waals surface area contributed by atoms with Gasteiger partial charge in [0.15, 0.2) is 5.82 Å². The van der Waals surface area contributed by atoms with Crippen LogP contribution < -0.4 is 0 Å². The summed E-state index contributed by atoms with van der Waals surface area (Å²) in [7, 11) is 1.80. The van der Waals surface area contributed by atoms with Gasteiger partial charge in [-0.25, -0.2) is 4.98 Å². The molecule has 1 saturated heterocycles. The second kappa shape index (κ2) is 7.73. The summed E-state index contributed by atoms with van der Waals surface area (Å²) in [5, 5.41) is 4.07. The van der Waals surface area contributed by atoms with Gasteiger partial charge in [0.05, 0.1) is 18.6 Å². The third-order valence-electron chi connectivity index (χ3n) is 5.85. The van der Waals surface area contributed by atoms with Crippen LogP contribution in [0, 0.1) is 0 Å². The van der Waals surface area contributed by atoms with E-state index in [1.54, 1.807) is 36.0 Å². The molecule has 0 radical (unpaired) electrons. The molecule has 0 N–H and O–H groups in total. The highest BCUT2D eigenvalue weighted by Gasteiger charge is 2.33. The van der Waals surface area contributed by atoms with Crippen molar-refractivity contribution in [2.24, 2.45) is 7.05 Å². The molecule has 1 unspecified atom stereocenters. The van der Waals surface area contributed by atoms with Gasteiger partial charge in [-0.1, -0.05) is 11.6 Å². The molecule has 2 aromatic rings. The van der Waals surface area contributed by atoms with Crippen LogP contribution in [0.15, 0.2) is 17.0 Å². The zero-order valence-corrected chi connectivity index (χ0v) is 16.4. The molecule has 9 nitrogen and oxygen atoms in total. The van der Waals surface area contributed by atoms with Crippen molar-refractivity contribution in [1.29, 1.82) is 0 Å². The van der Waals surface area contributed by atoms with Crippen LogP contribution in [-0.2, 0) is 18.3 Å². The second-order valence-electron chi connectivity index (χ2n) is 7.72. The van der Waals surface area contributed by atoms with E-state index in [-0.39, 0.29) is 17.9 Å². The van der Waals surface area contributed by atoms with Gasteiger partial charge in [0.25, 0.3) is 5.91 Å². The lowest BCUT2D eigenvalue weighted by atomic mass is 9.85. The van der Waals surface area contributed by atoms with Crippen LogP contribution in [0.3, 0.4) is 0 Å². The van der Waals surface area contributed by atoms with E-state index in [1.165, 1.54) is 6.42 Å². The zero-order chi connectivity index (χ0) is 19.7. The number of likely N-dealkylation sites (tertiary alicyclic amines) is 1. The molecule has 0 aromatic carbocycles. The molecule has 1 aliphatic heterocycles. The minimum atomic E-state index is -0.0469. The smallest absolute Gasteiger partial charge is 0.272 e. The summed E-state index contributed by atoms with van der Waals surface area (Å²) < 4.78 is 7.08. The Kier molecular flexibility index (Phi) is 5.15. The van der Waals surface area contributed by atoms with Crippen molar-refractivity contribution in [2.75, 3.05) is 19.6 Å². The number of rotatable bonds is 6. The van der Waals surface area contributed by atoms with Crippen LogP contribution in [0.4, 0.5) is 0 Å². The minimum Gasteiger partial charge on any atom is -0.339 e. The Hall–Kier alpha value is -2.71. The summed E-state index contributed by atoms with van der Waals surface area (Å²) in [6.45, 7) is 3.26. The lowest BCUT2D eigenvalue weighted by Gasteiger charge is -2.27. The average Bonchev–Trinajstić information content (AvgIpc) is 3.34. The van der Waals surface area contributed by atoms with Crippen LogP contribution in [0.25, 0.3) is 0 Å². The number of hydrogen-bond acceptors (Lipinski definition) is 6. The van der Waals surface area contributed by atoms with Crippen molar-refractivity contribution in [1.82, 2.24) is 29.5 Å². The quantitative estimate of drug-likeness (QED) is 0.744. The summed E-state index contributed by atoms with van der Waals surface area (Å²) in [5.74, 6) is 1.74. The van der Waals surface area contributed by atoms with Crippen LogP contribution in [0.5, 0.6) is 0 Å². The van der Waals surface area contributed by atoms with Gasteiger partial charge < -0.3 is 18.9 Å². The molecule has 2 aliphatic rings. The maximum absolute atomic E-state index is 12.7. The van der Waals surface area contributed by atoms with E-state index < -0.39 is 0 Å². The molecule has 2 aromatic heterocycles. The largest absolute Gasteiger partial charge is 0.339 e. The number of aryl methyl sites for hydroxylation is 1. The fourth-order valence-electron chi connectivity index (χ4n) is 3.91. The van der Waals surface area contributed by atoms with E-state index in [2.05, 4.69) is 15.1 Å². The maximum Gasteiger partial charge on any atom is 0.272 e. The predicted octanol–water partition coefficient (Wildman–Crippen LogP) is 1.38. The van der Waals surface area contributed by atoms with Crippen LogP contribution in [0.2, 0.25) is 0 Å². The zero-order valence-electron chi connectivity index (χ0n) is 16.4. The Morgan fingerprint density at radius 2 is 2.14 bits per heavy atom. The van der Waals surface area contributed by atoms with E-state index in [9.17, 15) is 9.59 Å². The molecule has 1 aliphatic carbocycles. The highest BCUT2D eigenvalue weighted by molar-refractivity contribution is 5.92. The molecule has 1 saturated carbocycles. The van der Waals surface area contributed by atoms with Crippen molar-refractivity contribution in [3.63, 3.8) is 0 Å². The first-order valence-corrected chi connectivity index (χ1v) is 9.88. The Morgan fingerprint density at radius 1 is 1.32 bits per heavy atom. The molecule has 0 bridgehead atoms. The SMILES string of the molecule is CC(=O)N(CCc1noc(C2CCC2)n1)C1CCN(C(=O)c2cncn2C)C1. The minimum absolute atomic E-state index is 0.00236. The molecular formula is C19H26N6O3. The molecule has 2 amide bonds. The summed E-state index contributed by atoms with van der Waals surface area (Å²) >= 11 is 0. The monoisotopic (exact) mass is 386 g/mol. The summed E-state index contributed by atoms with van der Waals surface area (Å²) in [6, 6.07) is 0.00711. The lowest BCUT2D eigenvalue weighted by Crippen LogP contribution is -2.43. The van der Waals surface area contributed by atoms with Crippen molar-refractivity contribution in [2.45, 2.75) is 51.0 Å². The maximum atomic E-state index is 12.7. The van der Waals surface area contributed by atoms with E-state index in [4.69, 9.17) is 4.52 Å². The molecule has 1 atom stereocenters. The van der Waals surface area contributed by atoms with Gasteiger partial charge >= 0.3 is 0 Å². The Balaban J connectivity index is 1.35. The molecule has 3 heterocycles. The first-order valence-electron chi connectivity index (χ1n) is 9.88. The number of nitrogens with zero attached hydrogens (tertiary/aromatic N) is 6. The lowest BCUT2D eigenvalue weighted by molar-refractivity contribution is -0.130. The van der Waals surface area contributed by atoms with Gasteiger partial charge in [-0.2, -0.15) is 4.98 Å². The fraction of sp³-hybridized carbons (Fsp3) is 0.632. The molecule has 150 valence electrons. The van der Waals surface area contributed by atoms with Gasteiger partial charge in [-0.05, 0) is 19.3 Å². The normalized spacial score (nSPS) is 19.6. The number of carbonyl (C=O) groups is 2. The van der Waals surface area contributed by atoms with E-state index in [1.807, 2.05) is 4.90 Å². The van der Waals surface area contributed by atoms with Gasteiger partial charge in [-0.3, -0.25) is 9.59 Å². The Labute approximate surface area is 163 Å². The van der Waals surface area contributed by atoms with Gasteiger partial charge in [0.1, 0.15) is 5.69 Å². The van der Waals surface area contributed by atoms with Crippen LogP contribution in [0.1, 0.15) is 60.7 Å². The average molecular weight is 386 g/mol. The van der Waals surface area contributed by atoms with Crippen LogP contribution in [-0.4, -0.2) is 67.0 Å². The summed E-state index contributed by atoms with van der Waals surface area (Å²) in [6.07, 6.45) is 7.97. The van der Waals surface area contributed by atoms with Crippen molar-refractivity contribution < 1.29 is 14.1 Å². The number of hydrogen-bond donors (Lipinski definition) is 0. The van der Waals surface area contributed by atoms with Gasteiger partial charge in [-0.15, -0.1) is 0 Å². The number of amides is 2. The number of carbonyl (C=O) groups excluding carboxylic acids is 2. The van der Waals surface area contributed by atoms with Crippen LogP contribution >= 0.6 is 0 Å². The highest BCUT2D eigenvalue weighted by Crippen LogP contribution is 2.35. The Morgan fingerprint density at radius 3 is 2.79 bits per heavy atom.